The zero-order valence-electron chi connectivity index (χ0n) is 11.2. The lowest BCUT2D eigenvalue weighted by Gasteiger charge is -2.49. The number of hydrogen-bond donors (Lipinski definition) is 1. The summed E-state index contributed by atoms with van der Waals surface area (Å²) >= 11 is 11.9. The van der Waals surface area contributed by atoms with Crippen LogP contribution in [0.3, 0.4) is 0 Å². The number of carbonyl (C=O) groups is 1. The Hall–Kier alpha value is -0.810. The highest BCUT2D eigenvalue weighted by Crippen LogP contribution is 2.49. The average Bonchev–Trinajstić information content (AvgIpc) is 2.68. The van der Waals surface area contributed by atoms with Crippen molar-refractivity contribution >= 4 is 29.1 Å². The highest BCUT2D eigenvalue weighted by molar-refractivity contribution is 6.43. The van der Waals surface area contributed by atoms with Gasteiger partial charge in [-0.3, -0.25) is 9.48 Å². The van der Waals surface area contributed by atoms with E-state index in [9.17, 15) is 9.18 Å². The van der Waals surface area contributed by atoms with Gasteiger partial charge < -0.3 is 5.32 Å². The molecule has 3 saturated carbocycles. The normalized spacial score (nSPS) is 32.4. The summed E-state index contributed by atoms with van der Waals surface area (Å²) in [5, 5.41) is 7.45. The van der Waals surface area contributed by atoms with Gasteiger partial charge in [0, 0.05) is 12.6 Å². The first-order valence-corrected chi connectivity index (χ1v) is 7.49. The lowest BCUT2D eigenvalue weighted by atomic mass is 9.64. The SMILES string of the molecule is Cn1nc(C(=O)NC23CCC(F)(CC2)CC3)c(Cl)c1Cl. The monoisotopic (exact) mass is 319 g/mol. The van der Waals surface area contributed by atoms with E-state index in [1.807, 2.05) is 0 Å². The van der Waals surface area contributed by atoms with E-state index in [1.54, 1.807) is 7.05 Å². The van der Waals surface area contributed by atoms with Crippen LogP contribution in [0.1, 0.15) is 49.0 Å². The number of aryl methyl sites for hydroxylation is 1. The molecule has 2 bridgehead atoms. The summed E-state index contributed by atoms with van der Waals surface area (Å²) in [6, 6.07) is 0. The standard InChI is InChI=1S/C13H16Cl2FN3O/c1-19-10(15)8(14)9(18-19)11(20)17-13-5-2-12(16,3-6-13)4-7-13/h2-7H2,1H3,(H,17,20). The molecule has 1 N–H and O–H groups in total. The third kappa shape index (κ3) is 2.21. The number of nitrogens with one attached hydrogen (secondary N) is 1. The van der Waals surface area contributed by atoms with Gasteiger partial charge in [0.2, 0.25) is 0 Å². The fourth-order valence-corrected chi connectivity index (χ4v) is 3.62. The van der Waals surface area contributed by atoms with Gasteiger partial charge in [-0.05, 0) is 38.5 Å². The fourth-order valence-electron chi connectivity index (χ4n) is 3.25. The summed E-state index contributed by atoms with van der Waals surface area (Å²) in [5.74, 6) is -0.328. The fraction of sp³-hybridized carbons (Fsp3) is 0.692. The second-order valence-corrected chi connectivity index (χ2v) is 6.70. The first kappa shape index (κ1) is 14.1. The number of aromatic nitrogens is 2. The van der Waals surface area contributed by atoms with E-state index in [2.05, 4.69) is 10.4 Å². The van der Waals surface area contributed by atoms with E-state index in [1.165, 1.54) is 4.68 Å². The second kappa shape index (κ2) is 4.60. The van der Waals surface area contributed by atoms with E-state index in [4.69, 9.17) is 23.2 Å². The molecule has 4 rings (SSSR count). The van der Waals surface area contributed by atoms with Crippen molar-refractivity contribution in [2.75, 3.05) is 0 Å². The van der Waals surface area contributed by atoms with Crippen molar-refractivity contribution in [3.8, 4) is 0 Å². The van der Waals surface area contributed by atoms with Crippen LogP contribution in [0.25, 0.3) is 0 Å². The van der Waals surface area contributed by atoms with Crippen LogP contribution in [0.15, 0.2) is 0 Å². The molecule has 1 aromatic rings. The molecule has 0 spiro atoms. The summed E-state index contributed by atoms with van der Waals surface area (Å²) in [5.41, 5.74) is -1.19. The maximum Gasteiger partial charge on any atom is 0.273 e. The topological polar surface area (TPSA) is 46.9 Å². The average molecular weight is 320 g/mol. The highest BCUT2D eigenvalue weighted by Gasteiger charge is 2.49. The van der Waals surface area contributed by atoms with E-state index >= 15 is 0 Å². The molecule has 20 heavy (non-hydrogen) atoms. The molecule has 1 heterocycles. The van der Waals surface area contributed by atoms with Crippen LogP contribution in [0.4, 0.5) is 4.39 Å². The van der Waals surface area contributed by atoms with Gasteiger partial charge in [-0.25, -0.2) is 4.39 Å². The summed E-state index contributed by atoms with van der Waals surface area (Å²) in [7, 11) is 1.63. The molecule has 110 valence electrons. The molecule has 4 nitrogen and oxygen atoms in total. The van der Waals surface area contributed by atoms with Gasteiger partial charge in [-0.2, -0.15) is 5.10 Å². The molecule has 3 aliphatic rings. The van der Waals surface area contributed by atoms with Crippen molar-refractivity contribution in [3.05, 3.63) is 15.9 Å². The molecule has 3 aliphatic carbocycles. The van der Waals surface area contributed by atoms with Crippen LogP contribution in [-0.2, 0) is 7.05 Å². The van der Waals surface area contributed by atoms with E-state index in [0.717, 1.165) is 0 Å². The van der Waals surface area contributed by atoms with Gasteiger partial charge in [0.15, 0.2) is 5.69 Å². The molecule has 0 atom stereocenters. The largest absolute Gasteiger partial charge is 0.345 e. The van der Waals surface area contributed by atoms with Crippen molar-refractivity contribution in [1.82, 2.24) is 15.1 Å². The van der Waals surface area contributed by atoms with Gasteiger partial charge in [-0.15, -0.1) is 0 Å². The minimum atomic E-state index is -1.02. The molecule has 1 amide bonds. The molecule has 7 heteroatoms. The third-order valence-electron chi connectivity index (χ3n) is 4.67. The number of alkyl halides is 1. The Bertz CT molecular complexity index is 548. The number of rotatable bonds is 2. The van der Waals surface area contributed by atoms with Crippen molar-refractivity contribution in [1.29, 1.82) is 0 Å². The molecular formula is C13H16Cl2FN3O. The molecule has 0 aliphatic heterocycles. The summed E-state index contributed by atoms with van der Waals surface area (Å²) in [6.45, 7) is 0. The number of carbonyl (C=O) groups excluding carboxylic acids is 1. The lowest BCUT2D eigenvalue weighted by molar-refractivity contribution is -0.00659. The van der Waals surface area contributed by atoms with Crippen LogP contribution in [0.5, 0.6) is 0 Å². The minimum absolute atomic E-state index is 0.135. The van der Waals surface area contributed by atoms with E-state index < -0.39 is 5.67 Å². The molecular weight excluding hydrogens is 304 g/mol. The first-order valence-electron chi connectivity index (χ1n) is 6.74. The zero-order chi connectivity index (χ0) is 14.5. The summed E-state index contributed by atoms with van der Waals surface area (Å²) in [6.07, 6.45) is 3.58. The van der Waals surface area contributed by atoms with Crippen molar-refractivity contribution in [2.24, 2.45) is 7.05 Å². The minimum Gasteiger partial charge on any atom is -0.345 e. The number of amides is 1. The molecule has 1 aromatic heterocycles. The van der Waals surface area contributed by atoms with Gasteiger partial charge in [0.1, 0.15) is 15.8 Å². The Labute approximate surface area is 126 Å². The van der Waals surface area contributed by atoms with Gasteiger partial charge in [-0.1, -0.05) is 23.2 Å². The van der Waals surface area contributed by atoms with Crippen LogP contribution < -0.4 is 5.32 Å². The maximum atomic E-state index is 14.1. The highest BCUT2D eigenvalue weighted by atomic mass is 35.5. The summed E-state index contributed by atoms with van der Waals surface area (Å²) in [4.78, 5) is 12.3. The van der Waals surface area contributed by atoms with Crippen molar-refractivity contribution in [3.63, 3.8) is 0 Å². The first-order chi connectivity index (χ1) is 9.34. The maximum absolute atomic E-state index is 14.1. The molecule has 0 aromatic carbocycles. The third-order valence-corrected chi connectivity index (χ3v) is 5.56. The van der Waals surface area contributed by atoms with E-state index in [0.29, 0.717) is 38.5 Å². The van der Waals surface area contributed by atoms with E-state index in [-0.39, 0.29) is 27.3 Å². The molecule has 0 unspecified atom stereocenters. The Morgan fingerprint density at radius 3 is 2.25 bits per heavy atom. The number of fused-ring (bicyclic) bond motifs is 3. The molecule has 0 saturated heterocycles. The van der Waals surface area contributed by atoms with Gasteiger partial charge >= 0.3 is 0 Å². The van der Waals surface area contributed by atoms with Crippen molar-refractivity contribution < 1.29 is 9.18 Å². The van der Waals surface area contributed by atoms with Crippen LogP contribution in [0.2, 0.25) is 10.2 Å². The number of nitrogens with zero attached hydrogens (tertiary/aromatic N) is 2. The smallest absolute Gasteiger partial charge is 0.273 e. The van der Waals surface area contributed by atoms with Crippen LogP contribution in [-0.4, -0.2) is 26.9 Å². The Morgan fingerprint density at radius 2 is 1.80 bits per heavy atom. The molecule has 0 radical (unpaired) electrons. The predicted octanol–water partition coefficient (Wildman–Crippen LogP) is 3.27. The summed E-state index contributed by atoms with van der Waals surface area (Å²) < 4.78 is 15.5. The van der Waals surface area contributed by atoms with Crippen LogP contribution in [0, 0.1) is 0 Å². The Kier molecular flexibility index (Phi) is 3.25. The Balaban J connectivity index is 1.78. The second-order valence-electron chi connectivity index (χ2n) is 5.96. The number of hydrogen-bond acceptors (Lipinski definition) is 2. The molecule has 3 fully saturated rings. The lowest BCUT2D eigenvalue weighted by Crippen LogP contribution is -2.57. The Morgan fingerprint density at radius 1 is 1.25 bits per heavy atom. The van der Waals surface area contributed by atoms with Crippen molar-refractivity contribution in [2.45, 2.75) is 49.7 Å². The quantitative estimate of drug-likeness (QED) is 0.909. The number of halogens is 3. The van der Waals surface area contributed by atoms with Crippen LogP contribution >= 0.6 is 23.2 Å². The van der Waals surface area contributed by atoms with Gasteiger partial charge in [0.05, 0.1) is 0 Å². The van der Waals surface area contributed by atoms with Gasteiger partial charge in [0.25, 0.3) is 5.91 Å². The zero-order valence-corrected chi connectivity index (χ0v) is 12.7. The predicted molar refractivity (Wildman–Crippen MR) is 75.0 cm³/mol.